The third kappa shape index (κ3) is 4.26. The van der Waals surface area contributed by atoms with Crippen LogP contribution in [-0.4, -0.2) is 0 Å². The van der Waals surface area contributed by atoms with Crippen molar-refractivity contribution in [2.45, 2.75) is 38.5 Å². The Morgan fingerprint density at radius 3 is 1.39 bits per heavy atom. The lowest BCUT2D eigenvalue weighted by Crippen LogP contribution is -2.17. The van der Waals surface area contributed by atoms with E-state index >= 15 is 0 Å². The first-order valence-electron chi connectivity index (χ1n) is 19.3. The van der Waals surface area contributed by atoms with Crippen LogP contribution in [0.2, 0.25) is 0 Å². The van der Waals surface area contributed by atoms with Crippen LogP contribution in [0.5, 0.6) is 0 Å². The highest BCUT2D eigenvalue weighted by Gasteiger charge is 2.43. The van der Waals surface area contributed by atoms with Gasteiger partial charge in [-0.3, -0.25) is 0 Å². The summed E-state index contributed by atoms with van der Waals surface area (Å²) in [4.78, 5) is 0. The quantitative estimate of drug-likeness (QED) is 0.162. The van der Waals surface area contributed by atoms with E-state index < -0.39 is 0 Å². The van der Waals surface area contributed by atoms with E-state index in [1.54, 1.807) is 0 Å². The first-order valence-corrected chi connectivity index (χ1v) is 19.3. The zero-order chi connectivity index (χ0) is 36.3. The fourth-order valence-corrected chi connectivity index (χ4v) is 10.1. The summed E-state index contributed by atoms with van der Waals surface area (Å²) in [5.41, 5.74) is 18.8. The third-order valence-corrected chi connectivity index (χ3v) is 12.9. The minimum Gasteiger partial charge on any atom is -0.0619 e. The minimum absolute atomic E-state index is 0.0110. The van der Waals surface area contributed by atoms with Crippen LogP contribution in [0.3, 0.4) is 0 Å². The van der Waals surface area contributed by atoms with E-state index in [0.29, 0.717) is 0 Å². The van der Waals surface area contributed by atoms with Crippen molar-refractivity contribution in [1.82, 2.24) is 0 Å². The normalized spacial score (nSPS) is 14.6. The maximum absolute atomic E-state index is 2.46. The topological polar surface area (TPSA) is 0 Å². The van der Waals surface area contributed by atoms with Crippen molar-refractivity contribution >= 4 is 32.3 Å². The van der Waals surface area contributed by atoms with Gasteiger partial charge in [0.1, 0.15) is 0 Å². The largest absolute Gasteiger partial charge is 0.0619 e. The van der Waals surface area contributed by atoms with Gasteiger partial charge in [-0.25, -0.2) is 0 Å². The predicted octanol–water partition coefficient (Wildman–Crippen LogP) is 14.8. The molecule has 54 heavy (non-hydrogen) atoms. The zero-order valence-electron chi connectivity index (χ0n) is 31.2. The fourth-order valence-electron chi connectivity index (χ4n) is 10.1. The molecule has 0 heteroatoms. The summed E-state index contributed by atoms with van der Waals surface area (Å²) >= 11 is 0. The molecule has 2 aliphatic carbocycles. The Morgan fingerprint density at radius 1 is 0.278 bits per heavy atom. The van der Waals surface area contributed by atoms with Crippen molar-refractivity contribution in [3.05, 3.63) is 192 Å². The highest BCUT2D eigenvalue weighted by molar-refractivity contribution is 6.21. The van der Waals surface area contributed by atoms with Crippen molar-refractivity contribution in [2.75, 3.05) is 0 Å². The van der Waals surface area contributed by atoms with Gasteiger partial charge in [-0.2, -0.15) is 0 Å². The number of benzene rings is 9. The molecule has 0 aliphatic heterocycles. The number of rotatable bonds is 3. The van der Waals surface area contributed by atoms with Crippen molar-refractivity contribution < 1.29 is 0 Å². The van der Waals surface area contributed by atoms with Crippen LogP contribution in [0, 0.1) is 0 Å². The molecule has 0 aromatic heterocycles. The number of hydrogen-bond donors (Lipinski definition) is 0. The van der Waals surface area contributed by atoms with Gasteiger partial charge in [0.15, 0.2) is 0 Å². The van der Waals surface area contributed by atoms with Gasteiger partial charge < -0.3 is 0 Å². The molecule has 0 saturated heterocycles. The van der Waals surface area contributed by atoms with Gasteiger partial charge in [0.05, 0.1) is 0 Å². The second-order valence-electron chi connectivity index (χ2n) is 16.4. The molecule has 9 aromatic carbocycles. The van der Waals surface area contributed by atoms with Crippen LogP contribution in [0.15, 0.2) is 170 Å². The Morgan fingerprint density at radius 2 is 0.741 bits per heavy atom. The molecule has 0 fully saturated rings. The van der Waals surface area contributed by atoms with Crippen molar-refractivity contribution in [3.8, 4) is 55.6 Å². The molecular weight excluding hydrogens is 649 g/mol. The van der Waals surface area contributed by atoms with Crippen LogP contribution >= 0.6 is 0 Å². The SMILES string of the molecule is CC1(C)c2ccccc2-c2c1ccc1c2-c2ccc(-c3ccc(-c4c5ccccc5c(-c5ccc6ccccc6c5)c5ccccc45)cc3)cc2C1(C)C. The summed E-state index contributed by atoms with van der Waals surface area (Å²) in [5, 5.41) is 7.65. The van der Waals surface area contributed by atoms with Gasteiger partial charge in [0.2, 0.25) is 0 Å². The molecule has 0 N–H and O–H groups in total. The van der Waals surface area contributed by atoms with E-state index in [9.17, 15) is 0 Å². The molecule has 2 aliphatic rings. The van der Waals surface area contributed by atoms with E-state index in [1.807, 2.05) is 0 Å². The molecular formula is C54H40. The molecule has 0 amide bonds. The highest BCUT2D eigenvalue weighted by Crippen LogP contribution is 2.59. The molecule has 0 nitrogen and oxygen atoms in total. The maximum Gasteiger partial charge on any atom is 0.0159 e. The molecule has 0 unspecified atom stereocenters. The molecule has 9 aromatic rings. The summed E-state index contributed by atoms with van der Waals surface area (Å²) in [6, 6.07) is 63.8. The Kier molecular flexibility index (Phi) is 6.46. The van der Waals surface area contributed by atoms with Crippen LogP contribution < -0.4 is 0 Å². The van der Waals surface area contributed by atoms with Crippen LogP contribution in [0.4, 0.5) is 0 Å². The van der Waals surface area contributed by atoms with E-state index in [0.717, 1.165) is 0 Å². The standard InChI is InChI=1S/C54H40/c1-53(2)45-20-12-11-19-43(45)51-46(53)29-30-47-52(51)44-28-27-37(32-48(44)54(47,3)4)34-21-24-35(25-22-34)49-39-15-7-9-17-41(39)50(42-18-10-8-16-40(42)49)38-26-23-33-13-5-6-14-36(33)31-38/h5-32H,1-4H3. The van der Waals surface area contributed by atoms with E-state index in [4.69, 9.17) is 0 Å². The average molecular weight is 689 g/mol. The van der Waals surface area contributed by atoms with Gasteiger partial charge in [-0.05, 0) is 122 Å². The van der Waals surface area contributed by atoms with Crippen LogP contribution in [0.1, 0.15) is 49.9 Å². The zero-order valence-corrected chi connectivity index (χ0v) is 31.2. The lowest BCUT2D eigenvalue weighted by Gasteiger charge is -2.24. The Hall–Kier alpha value is -6.24. The second kappa shape index (κ2) is 11.1. The lowest BCUT2D eigenvalue weighted by atomic mass is 9.79. The summed E-state index contributed by atoms with van der Waals surface area (Å²) < 4.78 is 0. The highest BCUT2D eigenvalue weighted by atomic mass is 14.5. The molecule has 11 rings (SSSR count). The van der Waals surface area contributed by atoms with E-state index in [-0.39, 0.29) is 10.8 Å². The third-order valence-electron chi connectivity index (χ3n) is 12.9. The first kappa shape index (κ1) is 31.3. The molecule has 256 valence electrons. The number of hydrogen-bond acceptors (Lipinski definition) is 0. The Balaban J connectivity index is 1.03. The summed E-state index contributed by atoms with van der Waals surface area (Å²) in [7, 11) is 0. The first-order chi connectivity index (χ1) is 26.3. The molecule has 0 spiro atoms. The fraction of sp³-hybridized carbons (Fsp3) is 0.111. The molecule has 0 bridgehead atoms. The molecule has 0 atom stereocenters. The van der Waals surface area contributed by atoms with Gasteiger partial charge in [-0.15, -0.1) is 0 Å². The van der Waals surface area contributed by atoms with E-state index in [1.165, 1.54) is 110 Å². The van der Waals surface area contributed by atoms with Gasteiger partial charge in [0, 0.05) is 10.8 Å². The van der Waals surface area contributed by atoms with Gasteiger partial charge in [0.25, 0.3) is 0 Å². The molecule has 0 saturated carbocycles. The number of fused-ring (bicyclic) bond motifs is 10. The summed E-state index contributed by atoms with van der Waals surface area (Å²) in [6.07, 6.45) is 0. The summed E-state index contributed by atoms with van der Waals surface area (Å²) in [5.74, 6) is 0. The molecule has 0 radical (unpaired) electrons. The Bertz CT molecular complexity index is 2970. The second-order valence-corrected chi connectivity index (χ2v) is 16.4. The predicted molar refractivity (Wildman–Crippen MR) is 230 cm³/mol. The minimum atomic E-state index is -0.0953. The van der Waals surface area contributed by atoms with Gasteiger partial charge >= 0.3 is 0 Å². The summed E-state index contributed by atoms with van der Waals surface area (Å²) in [6.45, 7) is 9.56. The van der Waals surface area contributed by atoms with Crippen LogP contribution in [-0.2, 0) is 10.8 Å². The Labute approximate surface area is 317 Å². The maximum atomic E-state index is 2.46. The van der Waals surface area contributed by atoms with Crippen molar-refractivity contribution in [1.29, 1.82) is 0 Å². The van der Waals surface area contributed by atoms with E-state index in [2.05, 4.69) is 198 Å². The van der Waals surface area contributed by atoms with Gasteiger partial charge in [-0.1, -0.05) is 185 Å². The van der Waals surface area contributed by atoms with Crippen LogP contribution in [0.25, 0.3) is 88.0 Å². The van der Waals surface area contributed by atoms with Crippen molar-refractivity contribution in [2.24, 2.45) is 0 Å². The lowest BCUT2D eigenvalue weighted by molar-refractivity contribution is 0.651. The smallest absolute Gasteiger partial charge is 0.0159 e. The molecule has 0 heterocycles. The van der Waals surface area contributed by atoms with Crippen molar-refractivity contribution in [3.63, 3.8) is 0 Å². The monoisotopic (exact) mass is 688 g/mol. The average Bonchev–Trinajstić information content (AvgIpc) is 3.59.